The van der Waals surface area contributed by atoms with Crippen molar-refractivity contribution in [2.24, 2.45) is 0 Å². The maximum absolute atomic E-state index is 9.23. The van der Waals surface area contributed by atoms with E-state index in [0.717, 1.165) is 37.8 Å². The largest absolute Gasteiger partial charge is 0.352 e. The second-order valence-corrected chi connectivity index (χ2v) is 6.27. The van der Waals surface area contributed by atoms with Gasteiger partial charge in [0.25, 0.3) is 0 Å². The van der Waals surface area contributed by atoms with Crippen molar-refractivity contribution < 1.29 is 0 Å². The molecule has 0 amide bonds. The molecule has 1 aliphatic heterocycles. The van der Waals surface area contributed by atoms with Gasteiger partial charge < -0.3 is 9.80 Å². The first-order valence-electron chi connectivity index (χ1n) is 7.56. The number of hydrogen-bond donors (Lipinski definition) is 0. The lowest BCUT2D eigenvalue weighted by molar-refractivity contribution is 0.644. The Morgan fingerprint density at radius 2 is 1.70 bits per heavy atom. The van der Waals surface area contributed by atoms with Gasteiger partial charge in [0.2, 0.25) is 0 Å². The number of benzene rings is 1. The van der Waals surface area contributed by atoms with Crippen LogP contribution in [0.1, 0.15) is 5.56 Å². The highest BCUT2D eigenvalue weighted by Crippen LogP contribution is 2.30. The highest BCUT2D eigenvalue weighted by atomic mass is 32.1. The van der Waals surface area contributed by atoms with Crippen molar-refractivity contribution >= 4 is 33.3 Å². The molecular weight excluding hydrogens is 306 g/mol. The van der Waals surface area contributed by atoms with Crippen LogP contribution in [0.4, 0.5) is 11.6 Å². The van der Waals surface area contributed by atoms with Crippen LogP contribution in [0.5, 0.6) is 0 Å². The maximum atomic E-state index is 9.23. The number of hydrogen-bond acceptors (Lipinski definition) is 6. The van der Waals surface area contributed by atoms with E-state index >= 15 is 0 Å². The zero-order valence-corrected chi connectivity index (χ0v) is 13.3. The van der Waals surface area contributed by atoms with Crippen molar-refractivity contribution in [2.45, 2.75) is 0 Å². The smallest absolute Gasteiger partial charge is 0.150 e. The molecule has 1 aromatic carbocycles. The average Bonchev–Trinajstić information content (AvgIpc) is 3.06. The molecular formula is C17H15N5S. The zero-order chi connectivity index (χ0) is 15.6. The van der Waals surface area contributed by atoms with Crippen LogP contribution in [0, 0.1) is 11.3 Å². The number of nitrogens with zero attached hydrogens (tertiary/aromatic N) is 5. The minimum atomic E-state index is 0.639. The summed E-state index contributed by atoms with van der Waals surface area (Å²) in [5.74, 6) is 1.87. The number of rotatable bonds is 2. The van der Waals surface area contributed by atoms with Gasteiger partial charge in [0.15, 0.2) is 0 Å². The first-order valence-corrected chi connectivity index (χ1v) is 8.33. The van der Waals surface area contributed by atoms with E-state index in [4.69, 9.17) is 0 Å². The quantitative estimate of drug-likeness (QED) is 0.726. The van der Waals surface area contributed by atoms with E-state index in [9.17, 15) is 5.26 Å². The van der Waals surface area contributed by atoms with Gasteiger partial charge in [0.05, 0.1) is 10.3 Å². The Balaban J connectivity index is 1.54. The summed E-state index contributed by atoms with van der Waals surface area (Å²) in [5, 5.41) is 10.5. The van der Waals surface area contributed by atoms with Crippen molar-refractivity contribution in [2.75, 3.05) is 36.0 Å². The summed E-state index contributed by atoms with van der Waals surface area (Å²) in [6.45, 7) is 3.46. The van der Waals surface area contributed by atoms with E-state index in [1.807, 2.05) is 12.1 Å². The standard InChI is InChI=1S/C17H15N5S/c18-12-13-4-3-7-19-16(13)21-8-10-22(11-9-21)17-14-5-1-2-6-15(14)23-20-17/h1-7H,8-11H2. The van der Waals surface area contributed by atoms with E-state index < -0.39 is 0 Å². The van der Waals surface area contributed by atoms with Crippen molar-refractivity contribution in [1.82, 2.24) is 9.36 Å². The molecule has 3 aromatic rings. The molecule has 4 rings (SSSR count). The Morgan fingerprint density at radius 1 is 0.957 bits per heavy atom. The molecule has 0 N–H and O–H groups in total. The third kappa shape index (κ3) is 2.49. The van der Waals surface area contributed by atoms with Crippen LogP contribution in [0.3, 0.4) is 0 Å². The third-order valence-corrected chi connectivity index (χ3v) is 4.96. The van der Waals surface area contributed by atoms with Gasteiger partial charge in [0.1, 0.15) is 17.7 Å². The molecule has 0 spiro atoms. The molecule has 0 saturated carbocycles. The summed E-state index contributed by atoms with van der Waals surface area (Å²) in [4.78, 5) is 8.89. The summed E-state index contributed by atoms with van der Waals surface area (Å²) in [6, 6.07) is 14.2. The Bertz CT molecular complexity index is 874. The average molecular weight is 321 g/mol. The molecule has 1 fully saturated rings. The van der Waals surface area contributed by atoms with E-state index in [1.54, 1.807) is 23.8 Å². The van der Waals surface area contributed by atoms with Crippen LogP contribution < -0.4 is 9.80 Å². The molecule has 0 radical (unpaired) electrons. The van der Waals surface area contributed by atoms with Gasteiger partial charge in [-0.25, -0.2) is 4.98 Å². The summed E-state index contributed by atoms with van der Waals surface area (Å²) < 4.78 is 5.86. The van der Waals surface area contributed by atoms with Crippen LogP contribution in [0.15, 0.2) is 42.6 Å². The second-order valence-electron chi connectivity index (χ2n) is 5.46. The highest BCUT2D eigenvalue weighted by molar-refractivity contribution is 7.13. The summed E-state index contributed by atoms with van der Waals surface area (Å²) >= 11 is 1.55. The molecule has 1 saturated heterocycles. The van der Waals surface area contributed by atoms with Crippen molar-refractivity contribution in [3.8, 4) is 6.07 Å². The zero-order valence-electron chi connectivity index (χ0n) is 12.5. The lowest BCUT2D eigenvalue weighted by Gasteiger charge is -2.36. The summed E-state index contributed by atoms with van der Waals surface area (Å²) in [6.07, 6.45) is 1.75. The van der Waals surface area contributed by atoms with E-state index in [2.05, 4.69) is 43.4 Å². The highest BCUT2D eigenvalue weighted by Gasteiger charge is 2.22. The molecule has 6 heteroatoms. The van der Waals surface area contributed by atoms with Crippen LogP contribution in [-0.4, -0.2) is 35.5 Å². The van der Waals surface area contributed by atoms with Gasteiger partial charge >= 0.3 is 0 Å². The summed E-state index contributed by atoms with van der Waals surface area (Å²) in [5.41, 5.74) is 0.639. The summed E-state index contributed by atoms with van der Waals surface area (Å²) in [7, 11) is 0. The first-order chi connectivity index (χ1) is 11.4. The van der Waals surface area contributed by atoms with Crippen LogP contribution in [0.25, 0.3) is 10.1 Å². The van der Waals surface area contributed by atoms with Gasteiger partial charge in [-0.15, -0.1) is 0 Å². The van der Waals surface area contributed by atoms with E-state index in [1.165, 1.54) is 10.1 Å². The van der Waals surface area contributed by atoms with Crippen LogP contribution in [0.2, 0.25) is 0 Å². The molecule has 1 aliphatic rings. The Hall–Kier alpha value is -2.65. The molecule has 23 heavy (non-hydrogen) atoms. The minimum absolute atomic E-state index is 0.639. The van der Waals surface area contributed by atoms with Crippen LogP contribution in [-0.2, 0) is 0 Å². The van der Waals surface area contributed by atoms with Crippen molar-refractivity contribution in [1.29, 1.82) is 5.26 Å². The predicted molar refractivity (Wildman–Crippen MR) is 93.0 cm³/mol. The molecule has 114 valence electrons. The predicted octanol–water partition coefficient (Wildman–Crippen LogP) is 2.89. The molecule has 0 atom stereocenters. The van der Waals surface area contributed by atoms with Crippen LogP contribution >= 0.6 is 11.5 Å². The lowest BCUT2D eigenvalue weighted by atomic mass is 10.2. The monoisotopic (exact) mass is 321 g/mol. The van der Waals surface area contributed by atoms with Gasteiger partial charge in [-0.2, -0.15) is 9.64 Å². The maximum Gasteiger partial charge on any atom is 0.150 e. The number of fused-ring (bicyclic) bond motifs is 1. The Morgan fingerprint density at radius 3 is 2.48 bits per heavy atom. The number of pyridine rings is 1. The van der Waals surface area contributed by atoms with E-state index in [0.29, 0.717) is 5.56 Å². The normalized spacial score (nSPS) is 14.9. The molecule has 5 nitrogen and oxygen atoms in total. The first kappa shape index (κ1) is 14.0. The molecule has 0 unspecified atom stereocenters. The molecule has 2 aromatic heterocycles. The van der Waals surface area contributed by atoms with Crippen molar-refractivity contribution in [3.05, 3.63) is 48.2 Å². The van der Waals surface area contributed by atoms with Gasteiger partial charge in [-0.3, -0.25) is 0 Å². The number of nitriles is 1. The number of aromatic nitrogens is 2. The fourth-order valence-corrected chi connectivity index (χ4v) is 3.76. The fraction of sp³-hybridized carbons (Fsp3) is 0.235. The fourth-order valence-electron chi connectivity index (χ4n) is 2.97. The molecule has 0 aliphatic carbocycles. The Labute approximate surface area is 138 Å². The molecule has 0 bridgehead atoms. The Kier molecular flexibility index (Phi) is 3.56. The van der Waals surface area contributed by atoms with Crippen molar-refractivity contribution in [3.63, 3.8) is 0 Å². The van der Waals surface area contributed by atoms with Gasteiger partial charge in [-0.05, 0) is 35.8 Å². The third-order valence-electron chi connectivity index (χ3n) is 4.14. The second kappa shape index (κ2) is 5.86. The van der Waals surface area contributed by atoms with Gasteiger partial charge in [0, 0.05) is 37.8 Å². The lowest BCUT2D eigenvalue weighted by Crippen LogP contribution is -2.47. The topological polar surface area (TPSA) is 56.1 Å². The number of anilines is 2. The molecule has 3 heterocycles. The SMILES string of the molecule is N#Cc1cccnc1N1CCN(c2nsc3ccccc23)CC1. The van der Waals surface area contributed by atoms with E-state index in [-0.39, 0.29) is 0 Å². The number of piperazine rings is 1. The minimum Gasteiger partial charge on any atom is -0.352 e. The van der Waals surface area contributed by atoms with Gasteiger partial charge in [-0.1, -0.05) is 12.1 Å².